The van der Waals surface area contributed by atoms with Crippen molar-refractivity contribution in [2.45, 2.75) is 0 Å². The summed E-state index contributed by atoms with van der Waals surface area (Å²) in [5, 5.41) is 0. The third-order valence-corrected chi connectivity index (χ3v) is 4.47. The Labute approximate surface area is 182 Å². The zero-order chi connectivity index (χ0) is 24.2. The number of aromatic nitrogens is 2. The van der Waals surface area contributed by atoms with Crippen molar-refractivity contribution in [3.05, 3.63) is 40.3 Å². The van der Waals surface area contributed by atoms with E-state index >= 15 is 0 Å². The molecule has 0 saturated heterocycles. The minimum absolute atomic E-state index is 0.0911. The molecule has 0 aliphatic heterocycles. The number of rotatable bonds is 6. The minimum atomic E-state index is -1.03. The summed E-state index contributed by atoms with van der Waals surface area (Å²) in [5.41, 5.74) is -1.80. The number of ether oxygens (including phenoxy) is 5. The molecule has 0 aliphatic rings. The number of pyridine rings is 1. The first-order valence-corrected chi connectivity index (χ1v) is 8.83. The summed E-state index contributed by atoms with van der Waals surface area (Å²) in [6.07, 6.45) is 0. The molecular weight excluding hydrogens is 428 g/mol. The van der Waals surface area contributed by atoms with Gasteiger partial charge in [0.15, 0.2) is 5.69 Å². The van der Waals surface area contributed by atoms with Gasteiger partial charge >= 0.3 is 29.8 Å². The van der Waals surface area contributed by atoms with Gasteiger partial charge in [0.2, 0.25) is 0 Å². The Bertz CT molecular complexity index is 1080. The van der Waals surface area contributed by atoms with Crippen LogP contribution in [0.2, 0.25) is 0 Å². The smallest absolute Gasteiger partial charge is 0.357 e. The highest BCUT2D eigenvalue weighted by molar-refractivity contribution is 6.10. The lowest BCUT2D eigenvalue weighted by molar-refractivity contribution is 0.0570. The third-order valence-electron chi connectivity index (χ3n) is 4.47. The van der Waals surface area contributed by atoms with Crippen LogP contribution in [0, 0.1) is 0 Å². The number of hydrogen-bond donors (Lipinski definition) is 0. The predicted octanol–water partition coefficient (Wildman–Crippen LogP) is 1.02. The van der Waals surface area contributed by atoms with Crippen LogP contribution in [0.25, 0.3) is 11.3 Å². The molecular formula is C20H20N2O10. The first kappa shape index (κ1) is 24.1. The number of carbonyl (C=O) groups is 5. The van der Waals surface area contributed by atoms with Gasteiger partial charge in [-0.15, -0.1) is 0 Å². The van der Waals surface area contributed by atoms with Crippen LogP contribution in [0.5, 0.6) is 0 Å². The monoisotopic (exact) mass is 448 g/mol. The lowest BCUT2D eigenvalue weighted by Crippen LogP contribution is -2.19. The quantitative estimate of drug-likeness (QED) is 0.460. The van der Waals surface area contributed by atoms with Crippen molar-refractivity contribution in [1.29, 1.82) is 0 Å². The minimum Gasteiger partial charge on any atom is -0.465 e. The molecule has 2 aromatic heterocycles. The van der Waals surface area contributed by atoms with Crippen LogP contribution in [-0.2, 0) is 30.7 Å². The molecule has 170 valence electrons. The molecule has 32 heavy (non-hydrogen) atoms. The Morgan fingerprint density at radius 3 is 1.69 bits per heavy atom. The highest BCUT2D eigenvalue weighted by Gasteiger charge is 2.33. The van der Waals surface area contributed by atoms with E-state index in [1.54, 1.807) is 0 Å². The van der Waals surface area contributed by atoms with Crippen LogP contribution in [0.1, 0.15) is 52.2 Å². The molecule has 0 aliphatic carbocycles. The fourth-order valence-corrected chi connectivity index (χ4v) is 2.98. The van der Waals surface area contributed by atoms with E-state index in [4.69, 9.17) is 18.9 Å². The van der Waals surface area contributed by atoms with Crippen molar-refractivity contribution < 1.29 is 47.7 Å². The fraction of sp³-hybridized carbons (Fsp3) is 0.300. The summed E-state index contributed by atoms with van der Waals surface area (Å²) in [4.78, 5) is 66.0. The number of methoxy groups -OCH3 is 5. The van der Waals surface area contributed by atoms with E-state index in [1.165, 1.54) is 17.7 Å². The zero-order valence-electron chi connectivity index (χ0n) is 18.1. The Morgan fingerprint density at radius 2 is 1.19 bits per heavy atom. The van der Waals surface area contributed by atoms with E-state index in [2.05, 4.69) is 9.72 Å². The molecule has 0 unspecified atom stereocenters. The van der Waals surface area contributed by atoms with Crippen LogP contribution < -0.4 is 0 Å². The number of hydrogen-bond acceptors (Lipinski definition) is 11. The first-order valence-electron chi connectivity index (χ1n) is 8.83. The predicted molar refractivity (Wildman–Crippen MR) is 105 cm³/mol. The molecule has 12 heteroatoms. The van der Waals surface area contributed by atoms with Crippen molar-refractivity contribution in [3.63, 3.8) is 0 Å². The zero-order valence-corrected chi connectivity index (χ0v) is 18.1. The summed E-state index contributed by atoms with van der Waals surface area (Å²) >= 11 is 0. The van der Waals surface area contributed by atoms with Crippen LogP contribution in [0.3, 0.4) is 0 Å². The van der Waals surface area contributed by atoms with E-state index in [9.17, 15) is 24.0 Å². The van der Waals surface area contributed by atoms with Crippen LogP contribution >= 0.6 is 0 Å². The highest BCUT2D eigenvalue weighted by Crippen LogP contribution is 2.34. The second-order valence-corrected chi connectivity index (χ2v) is 6.09. The maximum Gasteiger partial charge on any atom is 0.357 e. The maximum atomic E-state index is 12.6. The van der Waals surface area contributed by atoms with Crippen molar-refractivity contribution in [2.75, 3.05) is 35.5 Å². The van der Waals surface area contributed by atoms with Crippen molar-refractivity contribution in [3.8, 4) is 11.3 Å². The van der Waals surface area contributed by atoms with Gasteiger partial charge in [-0.3, -0.25) is 0 Å². The van der Waals surface area contributed by atoms with Gasteiger partial charge in [0.1, 0.15) is 11.4 Å². The van der Waals surface area contributed by atoms with Crippen molar-refractivity contribution in [2.24, 2.45) is 7.05 Å². The molecule has 2 rings (SSSR count). The van der Waals surface area contributed by atoms with Gasteiger partial charge < -0.3 is 28.3 Å². The van der Waals surface area contributed by atoms with Crippen molar-refractivity contribution in [1.82, 2.24) is 9.55 Å². The molecule has 0 N–H and O–H groups in total. The normalized spacial score (nSPS) is 10.2. The molecule has 0 bridgehead atoms. The van der Waals surface area contributed by atoms with E-state index in [-0.39, 0.29) is 33.8 Å². The van der Waals surface area contributed by atoms with E-state index in [0.29, 0.717) is 0 Å². The molecule has 0 fully saturated rings. The Balaban J connectivity index is 3.10. The Kier molecular flexibility index (Phi) is 7.31. The molecule has 0 radical (unpaired) electrons. The molecule has 0 saturated carbocycles. The average Bonchev–Trinajstić information content (AvgIpc) is 3.16. The summed E-state index contributed by atoms with van der Waals surface area (Å²) in [7, 11) is 6.86. The SMILES string of the molecule is COC(=O)c1cc(C(=O)OC)c(-c2c(C(=O)OC)cc(C(=O)OC)n2C)c(C(=O)OC)n1. The average molecular weight is 448 g/mol. The Morgan fingerprint density at radius 1 is 0.688 bits per heavy atom. The van der Waals surface area contributed by atoms with Crippen LogP contribution in [0.15, 0.2) is 12.1 Å². The molecule has 0 atom stereocenters. The second kappa shape index (κ2) is 9.73. The number of nitrogens with zero attached hydrogens (tertiary/aromatic N) is 2. The third kappa shape index (κ3) is 4.15. The molecule has 0 aromatic carbocycles. The fourth-order valence-electron chi connectivity index (χ4n) is 2.98. The molecule has 0 spiro atoms. The molecule has 2 aromatic rings. The van der Waals surface area contributed by atoms with Gasteiger partial charge in [-0.05, 0) is 12.1 Å². The maximum absolute atomic E-state index is 12.6. The summed E-state index contributed by atoms with van der Waals surface area (Å²) in [6.45, 7) is 0. The molecule has 2 heterocycles. The lowest BCUT2D eigenvalue weighted by Gasteiger charge is -2.16. The topological polar surface area (TPSA) is 149 Å². The largest absolute Gasteiger partial charge is 0.465 e. The molecule has 12 nitrogen and oxygen atoms in total. The highest BCUT2D eigenvalue weighted by atomic mass is 16.5. The first-order chi connectivity index (χ1) is 15.2. The second-order valence-electron chi connectivity index (χ2n) is 6.09. The molecule has 0 amide bonds. The van der Waals surface area contributed by atoms with Crippen LogP contribution in [-0.4, -0.2) is 74.9 Å². The van der Waals surface area contributed by atoms with E-state index in [1.807, 2.05) is 0 Å². The van der Waals surface area contributed by atoms with Crippen molar-refractivity contribution >= 4 is 29.8 Å². The van der Waals surface area contributed by atoms with Gasteiger partial charge in [0.05, 0.1) is 52.4 Å². The summed E-state index contributed by atoms with van der Waals surface area (Å²) in [5.74, 6) is -4.62. The van der Waals surface area contributed by atoms with Gasteiger partial charge in [0, 0.05) is 12.6 Å². The van der Waals surface area contributed by atoms with Gasteiger partial charge in [-0.2, -0.15) is 0 Å². The number of esters is 5. The standard InChI is InChI=1S/C20H20N2O10/c1-22-12(19(26)31-5)8-10(17(24)29-3)15(22)13-9(16(23)28-2)7-11(18(25)30-4)21-14(13)20(27)32-6/h7-8H,1-6H3. The Hall–Kier alpha value is -4.22. The summed E-state index contributed by atoms with van der Waals surface area (Å²) < 4.78 is 24.9. The van der Waals surface area contributed by atoms with Gasteiger partial charge in [0.25, 0.3) is 0 Å². The lowest BCUT2D eigenvalue weighted by atomic mass is 9.98. The number of carbonyl (C=O) groups excluding carboxylic acids is 5. The van der Waals surface area contributed by atoms with Crippen LogP contribution in [0.4, 0.5) is 0 Å². The van der Waals surface area contributed by atoms with Gasteiger partial charge in [-0.25, -0.2) is 29.0 Å². The van der Waals surface area contributed by atoms with E-state index in [0.717, 1.165) is 41.6 Å². The van der Waals surface area contributed by atoms with Gasteiger partial charge in [-0.1, -0.05) is 0 Å². The summed E-state index contributed by atoms with van der Waals surface area (Å²) in [6, 6.07) is 2.20. The van der Waals surface area contributed by atoms with E-state index < -0.39 is 35.5 Å².